The fourth-order valence-corrected chi connectivity index (χ4v) is 4.40. The van der Waals surface area contributed by atoms with Crippen LogP contribution in [0.5, 0.6) is 5.75 Å². The summed E-state index contributed by atoms with van der Waals surface area (Å²) in [6.45, 7) is 1.04. The van der Waals surface area contributed by atoms with Crippen molar-refractivity contribution in [1.82, 2.24) is 9.55 Å². The molecular weight excluding hydrogens is 422 g/mol. The number of sulfone groups is 1. The summed E-state index contributed by atoms with van der Waals surface area (Å²) in [7, 11) is -3.38. The van der Waals surface area contributed by atoms with E-state index in [1.54, 1.807) is 25.1 Å². The van der Waals surface area contributed by atoms with Gasteiger partial charge in [0.05, 0.1) is 11.5 Å². The van der Waals surface area contributed by atoms with Crippen molar-refractivity contribution in [2.45, 2.75) is 32.4 Å². The van der Waals surface area contributed by atoms with Crippen molar-refractivity contribution in [1.29, 1.82) is 0 Å². The van der Waals surface area contributed by atoms with Gasteiger partial charge in [-0.3, -0.25) is 14.3 Å². The third-order valence-corrected chi connectivity index (χ3v) is 6.10. The zero-order valence-electron chi connectivity index (χ0n) is 16.4. The SMILES string of the molecule is C[C@@H](CS(=O)(=O)CCCOCn1ccc(=O)[nH]c1=O)c1cccc(OCC(F)F)c1. The van der Waals surface area contributed by atoms with Crippen molar-refractivity contribution in [3.8, 4) is 5.75 Å². The predicted molar refractivity (Wildman–Crippen MR) is 107 cm³/mol. The van der Waals surface area contributed by atoms with Crippen molar-refractivity contribution in [2.24, 2.45) is 0 Å². The minimum absolute atomic E-state index is 0.0978. The summed E-state index contributed by atoms with van der Waals surface area (Å²) in [6.07, 6.45) is -1.06. The van der Waals surface area contributed by atoms with E-state index in [0.29, 0.717) is 5.56 Å². The maximum Gasteiger partial charge on any atom is 0.330 e. The van der Waals surface area contributed by atoms with E-state index in [4.69, 9.17) is 9.47 Å². The van der Waals surface area contributed by atoms with Gasteiger partial charge in [-0.2, -0.15) is 0 Å². The van der Waals surface area contributed by atoms with Crippen LogP contribution in [0.1, 0.15) is 24.8 Å². The number of aromatic amines is 1. The molecule has 8 nitrogen and oxygen atoms in total. The number of nitrogens with zero attached hydrogens (tertiary/aromatic N) is 1. The zero-order valence-corrected chi connectivity index (χ0v) is 17.2. The molecule has 1 N–H and O–H groups in total. The Balaban J connectivity index is 1.79. The minimum Gasteiger partial charge on any atom is -0.488 e. The highest BCUT2D eigenvalue weighted by molar-refractivity contribution is 7.91. The largest absolute Gasteiger partial charge is 0.488 e. The smallest absolute Gasteiger partial charge is 0.330 e. The monoisotopic (exact) mass is 446 g/mol. The van der Waals surface area contributed by atoms with Gasteiger partial charge in [-0.15, -0.1) is 0 Å². The Bertz CT molecular complexity index is 1040. The number of nitrogens with one attached hydrogen (secondary N) is 1. The topological polar surface area (TPSA) is 107 Å². The standard InChI is InChI=1S/C19H24F2N2O6S/c1-14(15-4-2-5-16(10-15)29-11-17(20)21)12-30(26,27)9-3-8-28-13-23-7-6-18(24)22-19(23)25/h2,4-7,10,14,17H,3,8-9,11-13H2,1H3,(H,22,24,25)/t14-/m0/s1. The molecule has 0 unspecified atom stereocenters. The van der Waals surface area contributed by atoms with E-state index in [9.17, 15) is 26.8 Å². The van der Waals surface area contributed by atoms with Gasteiger partial charge in [0.2, 0.25) is 0 Å². The lowest BCUT2D eigenvalue weighted by atomic mass is 10.0. The van der Waals surface area contributed by atoms with Gasteiger partial charge < -0.3 is 9.47 Å². The van der Waals surface area contributed by atoms with Gasteiger partial charge in [0.1, 0.15) is 19.1 Å². The number of aromatic nitrogens is 2. The average molecular weight is 446 g/mol. The molecule has 0 amide bonds. The first kappa shape index (κ1) is 23.7. The number of hydrogen-bond donors (Lipinski definition) is 1. The fraction of sp³-hybridized carbons (Fsp3) is 0.474. The maximum atomic E-state index is 12.4. The molecule has 0 aliphatic heterocycles. The van der Waals surface area contributed by atoms with Crippen LogP contribution < -0.4 is 16.0 Å². The van der Waals surface area contributed by atoms with Gasteiger partial charge in [0, 0.05) is 18.9 Å². The summed E-state index contributed by atoms with van der Waals surface area (Å²) in [4.78, 5) is 24.6. The van der Waals surface area contributed by atoms with E-state index < -0.39 is 34.1 Å². The van der Waals surface area contributed by atoms with E-state index in [1.165, 1.54) is 18.3 Å². The summed E-state index contributed by atoms with van der Waals surface area (Å²) in [5, 5.41) is 0. The molecule has 0 fully saturated rings. The summed E-state index contributed by atoms with van der Waals surface area (Å²) in [5.74, 6) is -0.280. The second-order valence-electron chi connectivity index (χ2n) is 6.76. The number of ether oxygens (including phenoxy) is 2. The van der Waals surface area contributed by atoms with Crippen LogP contribution >= 0.6 is 0 Å². The second-order valence-corrected chi connectivity index (χ2v) is 8.99. The molecule has 1 heterocycles. The lowest BCUT2D eigenvalue weighted by Crippen LogP contribution is -2.29. The molecule has 0 spiro atoms. The van der Waals surface area contributed by atoms with E-state index in [0.717, 1.165) is 4.57 Å². The van der Waals surface area contributed by atoms with E-state index in [2.05, 4.69) is 4.98 Å². The van der Waals surface area contributed by atoms with Gasteiger partial charge in [0.25, 0.3) is 12.0 Å². The first-order chi connectivity index (χ1) is 14.2. The van der Waals surface area contributed by atoms with Crippen LogP contribution in [0.15, 0.2) is 46.1 Å². The minimum atomic E-state index is -3.38. The van der Waals surface area contributed by atoms with E-state index in [1.807, 2.05) is 0 Å². The van der Waals surface area contributed by atoms with Crippen LogP contribution in [-0.2, 0) is 21.3 Å². The van der Waals surface area contributed by atoms with Crippen LogP contribution in [0.25, 0.3) is 0 Å². The number of hydrogen-bond acceptors (Lipinski definition) is 6. The van der Waals surface area contributed by atoms with Crippen LogP contribution in [-0.4, -0.2) is 49.1 Å². The predicted octanol–water partition coefficient (Wildman–Crippen LogP) is 1.76. The van der Waals surface area contributed by atoms with Gasteiger partial charge >= 0.3 is 5.69 Å². The van der Waals surface area contributed by atoms with Crippen LogP contribution in [0.3, 0.4) is 0 Å². The summed E-state index contributed by atoms with van der Waals surface area (Å²) < 4.78 is 60.7. The lowest BCUT2D eigenvalue weighted by Gasteiger charge is -2.14. The maximum absolute atomic E-state index is 12.4. The van der Waals surface area contributed by atoms with Crippen LogP contribution in [0.2, 0.25) is 0 Å². The highest BCUT2D eigenvalue weighted by atomic mass is 32.2. The zero-order chi connectivity index (χ0) is 22.1. The lowest BCUT2D eigenvalue weighted by molar-refractivity contribution is 0.0745. The normalized spacial score (nSPS) is 12.8. The highest BCUT2D eigenvalue weighted by Crippen LogP contribution is 2.23. The average Bonchev–Trinajstić information content (AvgIpc) is 2.67. The van der Waals surface area contributed by atoms with Gasteiger partial charge in [-0.25, -0.2) is 22.0 Å². The fourth-order valence-electron chi connectivity index (χ4n) is 2.72. The summed E-state index contributed by atoms with van der Waals surface area (Å²) in [6, 6.07) is 7.64. The third-order valence-electron chi connectivity index (χ3n) is 4.18. The van der Waals surface area contributed by atoms with E-state index in [-0.39, 0.29) is 42.9 Å². The molecule has 0 saturated heterocycles. The van der Waals surface area contributed by atoms with Crippen molar-refractivity contribution >= 4 is 9.84 Å². The molecule has 1 aromatic heterocycles. The Morgan fingerprint density at radius 2 is 1.97 bits per heavy atom. The van der Waals surface area contributed by atoms with Crippen molar-refractivity contribution in [3.05, 3.63) is 62.9 Å². The van der Waals surface area contributed by atoms with Gasteiger partial charge in [-0.1, -0.05) is 19.1 Å². The Morgan fingerprint density at radius 1 is 1.20 bits per heavy atom. The number of halogens is 2. The molecule has 0 bridgehead atoms. The van der Waals surface area contributed by atoms with Gasteiger partial charge in [0.15, 0.2) is 9.84 Å². The van der Waals surface area contributed by atoms with Crippen LogP contribution in [0, 0.1) is 0 Å². The molecule has 2 rings (SSSR count). The Labute approximate surface area is 172 Å². The quantitative estimate of drug-likeness (QED) is 0.498. The molecule has 30 heavy (non-hydrogen) atoms. The highest BCUT2D eigenvalue weighted by Gasteiger charge is 2.18. The van der Waals surface area contributed by atoms with Crippen molar-refractivity contribution < 1.29 is 26.7 Å². The molecule has 0 aliphatic carbocycles. The summed E-state index contributed by atoms with van der Waals surface area (Å²) in [5.41, 5.74) is -0.440. The second kappa shape index (κ2) is 11.0. The molecule has 11 heteroatoms. The number of rotatable bonds is 12. The molecule has 0 saturated carbocycles. The number of benzene rings is 1. The molecule has 1 atom stereocenters. The van der Waals surface area contributed by atoms with Crippen LogP contribution in [0.4, 0.5) is 8.78 Å². The molecule has 166 valence electrons. The first-order valence-corrected chi connectivity index (χ1v) is 11.1. The third kappa shape index (κ3) is 8.07. The Hall–Kier alpha value is -2.53. The molecular formula is C19H24F2N2O6S. The van der Waals surface area contributed by atoms with Gasteiger partial charge in [-0.05, 0) is 30.0 Å². The molecule has 2 aromatic rings. The van der Waals surface area contributed by atoms with Crippen molar-refractivity contribution in [3.63, 3.8) is 0 Å². The summed E-state index contributed by atoms with van der Waals surface area (Å²) >= 11 is 0. The number of alkyl halides is 2. The van der Waals surface area contributed by atoms with E-state index >= 15 is 0 Å². The Morgan fingerprint density at radius 3 is 2.67 bits per heavy atom. The first-order valence-electron chi connectivity index (χ1n) is 9.25. The Kier molecular flexibility index (Phi) is 8.72. The van der Waals surface area contributed by atoms with Crippen molar-refractivity contribution in [2.75, 3.05) is 24.7 Å². The number of H-pyrrole nitrogens is 1. The molecule has 0 aliphatic rings. The molecule has 0 radical (unpaired) electrons. The molecule has 1 aromatic carbocycles.